The van der Waals surface area contributed by atoms with Gasteiger partial charge in [0.05, 0.1) is 22.3 Å². The molecule has 2 aromatic heterocycles. The maximum Gasteiger partial charge on any atom is 0.223 e. The Labute approximate surface area is 123 Å². The molecule has 0 aliphatic rings. The minimum absolute atomic E-state index is 0.166. The van der Waals surface area contributed by atoms with Gasteiger partial charge in [-0.1, -0.05) is 17.7 Å². The van der Waals surface area contributed by atoms with Gasteiger partial charge in [-0.2, -0.15) is 0 Å². The number of aromatic amines is 1. The fraction of sp³-hybridized carbons (Fsp3) is 0.0833. The first kappa shape index (κ1) is 12.7. The first-order valence-corrected chi connectivity index (χ1v) is 7.01. The maximum absolute atomic E-state index is 6.02. The summed E-state index contributed by atoms with van der Waals surface area (Å²) in [6, 6.07) is 6.03. The Balaban J connectivity index is 1.98. The molecule has 0 unspecified atom stereocenters. The molecule has 3 rings (SSSR count). The smallest absolute Gasteiger partial charge is 0.223 e. The zero-order chi connectivity index (χ0) is 13.4. The van der Waals surface area contributed by atoms with Crippen molar-refractivity contribution in [3.05, 3.63) is 40.3 Å². The van der Waals surface area contributed by atoms with Crippen LogP contribution in [0, 0.1) is 6.92 Å². The van der Waals surface area contributed by atoms with Crippen LogP contribution in [0.5, 0.6) is 0 Å². The number of nitrogens with one attached hydrogen (secondary N) is 1. The number of aromatic nitrogens is 4. The Bertz CT molecular complexity index is 757. The number of aryl methyl sites for hydroxylation is 1. The maximum atomic E-state index is 6.02. The van der Waals surface area contributed by atoms with Crippen molar-refractivity contribution in [1.29, 1.82) is 0 Å². The number of imidazole rings is 1. The van der Waals surface area contributed by atoms with Gasteiger partial charge in [-0.15, -0.1) is 0 Å². The van der Waals surface area contributed by atoms with E-state index < -0.39 is 0 Å². The van der Waals surface area contributed by atoms with Gasteiger partial charge in [0.1, 0.15) is 5.03 Å². The molecule has 0 aliphatic heterocycles. The van der Waals surface area contributed by atoms with Crippen molar-refractivity contribution in [2.75, 3.05) is 0 Å². The minimum Gasteiger partial charge on any atom is -0.333 e. The summed E-state index contributed by atoms with van der Waals surface area (Å²) in [7, 11) is 0. The van der Waals surface area contributed by atoms with E-state index in [-0.39, 0.29) is 5.28 Å². The van der Waals surface area contributed by atoms with Crippen molar-refractivity contribution < 1.29 is 0 Å². The predicted octanol–water partition coefficient (Wildman–Crippen LogP) is 4.12. The zero-order valence-electron chi connectivity index (χ0n) is 9.82. The van der Waals surface area contributed by atoms with Gasteiger partial charge >= 0.3 is 0 Å². The van der Waals surface area contributed by atoms with Gasteiger partial charge < -0.3 is 4.98 Å². The van der Waals surface area contributed by atoms with E-state index in [1.54, 1.807) is 0 Å². The van der Waals surface area contributed by atoms with Crippen molar-refractivity contribution in [1.82, 2.24) is 19.9 Å². The number of halogens is 2. The highest BCUT2D eigenvalue weighted by atomic mass is 35.5. The number of H-pyrrole nitrogens is 1. The third-order valence-electron chi connectivity index (χ3n) is 2.49. The number of benzene rings is 1. The molecule has 96 valence electrons. The average Bonchev–Trinajstić information content (AvgIpc) is 2.75. The SMILES string of the molecule is Cc1ccc2nc(Sc3nc(Cl)ncc3Cl)[nH]c2c1. The fourth-order valence-electron chi connectivity index (χ4n) is 1.64. The van der Waals surface area contributed by atoms with Crippen molar-refractivity contribution in [3.63, 3.8) is 0 Å². The van der Waals surface area contributed by atoms with E-state index in [1.807, 2.05) is 25.1 Å². The summed E-state index contributed by atoms with van der Waals surface area (Å²) in [5, 5.41) is 1.92. The number of fused-ring (bicyclic) bond motifs is 1. The van der Waals surface area contributed by atoms with E-state index in [1.165, 1.54) is 23.5 Å². The lowest BCUT2D eigenvalue weighted by molar-refractivity contribution is 1.02. The Kier molecular flexibility index (Phi) is 3.35. The van der Waals surface area contributed by atoms with Gasteiger partial charge in [0.25, 0.3) is 0 Å². The lowest BCUT2D eigenvalue weighted by atomic mass is 10.2. The van der Waals surface area contributed by atoms with Crippen molar-refractivity contribution in [2.45, 2.75) is 17.1 Å². The first-order valence-electron chi connectivity index (χ1n) is 5.44. The van der Waals surface area contributed by atoms with E-state index >= 15 is 0 Å². The molecular weight excluding hydrogens is 303 g/mol. The third-order valence-corrected chi connectivity index (χ3v) is 3.95. The molecule has 0 bridgehead atoms. The lowest BCUT2D eigenvalue weighted by Gasteiger charge is -1.99. The van der Waals surface area contributed by atoms with Gasteiger partial charge in [0.2, 0.25) is 5.28 Å². The van der Waals surface area contributed by atoms with Crippen LogP contribution in [0.15, 0.2) is 34.6 Å². The fourth-order valence-corrected chi connectivity index (χ4v) is 2.80. The quantitative estimate of drug-likeness (QED) is 0.571. The summed E-state index contributed by atoms with van der Waals surface area (Å²) in [5.41, 5.74) is 3.07. The zero-order valence-corrected chi connectivity index (χ0v) is 12.1. The molecule has 1 aromatic carbocycles. The Morgan fingerprint density at radius 3 is 2.89 bits per heavy atom. The highest BCUT2D eigenvalue weighted by Crippen LogP contribution is 2.31. The number of hydrogen-bond acceptors (Lipinski definition) is 4. The highest BCUT2D eigenvalue weighted by Gasteiger charge is 2.10. The van der Waals surface area contributed by atoms with Crippen LogP contribution < -0.4 is 0 Å². The first-order chi connectivity index (χ1) is 9.11. The number of hydrogen-bond donors (Lipinski definition) is 1. The molecular formula is C12H8Cl2N4S. The van der Waals surface area contributed by atoms with Crippen LogP contribution in [0.25, 0.3) is 11.0 Å². The van der Waals surface area contributed by atoms with Gasteiger partial charge in [-0.05, 0) is 48.0 Å². The largest absolute Gasteiger partial charge is 0.333 e. The molecule has 0 aliphatic carbocycles. The molecule has 19 heavy (non-hydrogen) atoms. The van der Waals surface area contributed by atoms with E-state index in [0.29, 0.717) is 10.0 Å². The topological polar surface area (TPSA) is 54.5 Å². The monoisotopic (exact) mass is 310 g/mol. The van der Waals surface area contributed by atoms with Crippen LogP contribution in [0.4, 0.5) is 0 Å². The third kappa shape index (κ3) is 2.68. The molecule has 7 heteroatoms. The summed E-state index contributed by atoms with van der Waals surface area (Å²) >= 11 is 13.1. The van der Waals surface area contributed by atoms with Crippen LogP contribution in [0.2, 0.25) is 10.3 Å². The van der Waals surface area contributed by atoms with Crippen LogP contribution >= 0.6 is 35.0 Å². The minimum atomic E-state index is 0.166. The van der Waals surface area contributed by atoms with E-state index in [2.05, 4.69) is 19.9 Å². The molecule has 1 N–H and O–H groups in total. The van der Waals surface area contributed by atoms with E-state index in [9.17, 15) is 0 Å². The molecule has 0 saturated carbocycles. The molecule has 3 aromatic rings. The van der Waals surface area contributed by atoms with Crippen LogP contribution in [-0.4, -0.2) is 19.9 Å². The van der Waals surface area contributed by atoms with Crippen LogP contribution in [0.1, 0.15) is 5.56 Å². The van der Waals surface area contributed by atoms with Crippen LogP contribution in [0.3, 0.4) is 0 Å². The van der Waals surface area contributed by atoms with E-state index in [4.69, 9.17) is 23.2 Å². The predicted molar refractivity (Wildman–Crippen MR) is 77.0 cm³/mol. The van der Waals surface area contributed by atoms with Crippen molar-refractivity contribution >= 4 is 46.0 Å². The average molecular weight is 311 g/mol. The Morgan fingerprint density at radius 2 is 2.05 bits per heavy atom. The molecule has 0 spiro atoms. The number of rotatable bonds is 2. The second-order valence-electron chi connectivity index (χ2n) is 3.96. The summed E-state index contributed by atoms with van der Waals surface area (Å²) < 4.78 is 0. The molecule has 0 radical (unpaired) electrons. The molecule has 4 nitrogen and oxygen atoms in total. The van der Waals surface area contributed by atoms with Gasteiger partial charge in [0.15, 0.2) is 5.16 Å². The van der Waals surface area contributed by atoms with Crippen molar-refractivity contribution in [3.8, 4) is 0 Å². The summed E-state index contributed by atoms with van der Waals surface area (Å²) in [5.74, 6) is 0. The normalized spacial score (nSPS) is 11.1. The molecule has 0 saturated heterocycles. The lowest BCUT2D eigenvalue weighted by Crippen LogP contribution is -1.87. The van der Waals surface area contributed by atoms with Gasteiger partial charge in [-0.3, -0.25) is 0 Å². The molecule has 0 fully saturated rings. The second kappa shape index (κ2) is 5.00. The number of nitrogens with zero attached hydrogens (tertiary/aromatic N) is 3. The summed E-state index contributed by atoms with van der Waals surface area (Å²) in [6.45, 7) is 2.04. The van der Waals surface area contributed by atoms with Gasteiger partial charge in [-0.25, -0.2) is 15.0 Å². The second-order valence-corrected chi connectivity index (χ2v) is 5.68. The highest BCUT2D eigenvalue weighted by molar-refractivity contribution is 7.99. The Hall–Kier alpha value is -1.30. The standard InChI is InChI=1S/C12H8Cl2N4S/c1-6-2-3-8-9(4-6)17-12(16-8)19-10-7(13)5-15-11(14)18-10/h2-5H,1H3,(H,16,17). The molecule has 2 heterocycles. The van der Waals surface area contributed by atoms with Crippen molar-refractivity contribution in [2.24, 2.45) is 0 Å². The van der Waals surface area contributed by atoms with Gasteiger partial charge in [0, 0.05) is 0 Å². The summed E-state index contributed by atoms with van der Waals surface area (Å²) in [4.78, 5) is 15.6. The summed E-state index contributed by atoms with van der Waals surface area (Å²) in [6.07, 6.45) is 1.48. The Morgan fingerprint density at radius 1 is 1.21 bits per heavy atom. The molecule has 0 amide bonds. The van der Waals surface area contributed by atoms with Crippen LogP contribution in [-0.2, 0) is 0 Å². The van der Waals surface area contributed by atoms with E-state index in [0.717, 1.165) is 16.2 Å². The molecule has 0 atom stereocenters.